The van der Waals surface area contributed by atoms with E-state index in [4.69, 9.17) is 0 Å². The molecule has 19 heavy (non-hydrogen) atoms. The van der Waals surface area contributed by atoms with Gasteiger partial charge in [-0.3, -0.25) is 0 Å². The molecule has 0 aliphatic rings. The minimum atomic E-state index is 0.822. The zero-order valence-corrected chi connectivity index (χ0v) is 13.9. The Hall–Kier alpha value is -0.520. The Bertz CT molecular complexity index is 236. The predicted molar refractivity (Wildman–Crippen MR) is 89.5 cm³/mol. The highest BCUT2D eigenvalue weighted by atomic mass is 14.1. The lowest BCUT2D eigenvalue weighted by Gasteiger charge is -2.13. The van der Waals surface area contributed by atoms with Gasteiger partial charge < -0.3 is 0 Å². The molecule has 0 rings (SSSR count). The average Bonchev–Trinajstić information content (AvgIpc) is 2.34. The van der Waals surface area contributed by atoms with E-state index in [-0.39, 0.29) is 0 Å². The number of hydrogen-bond donors (Lipinski definition) is 0. The summed E-state index contributed by atoms with van der Waals surface area (Å²) >= 11 is 0. The zero-order chi connectivity index (χ0) is 14.5. The molecule has 0 bridgehead atoms. The van der Waals surface area contributed by atoms with Gasteiger partial charge in [-0.25, -0.2) is 0 Å². The molecule has 0 aliphatic heterocycles. The molecule has 0 heterocycles. The molecule has 0 aromatic heterocycles. The van der Waals surface area contributed by atoms with Crippen LogP contribution in [0, 0.1) is 11.8 Å². The third-order valence-electron chi connectivity index (χ3n) is 3.89. The maximum atomic E-state index is 3.89. The van der Waals surface area contributed by atoms with Gasteiger partial charge >= 0.3 is 0 Å². The molecule has 0 amide bonds. The van der Waals surface area contributed by atoms with Crippen LogP contribution in [0.5, 0.6) is 0 Å². The molecule has 112 valence electrons. The molecule has 0 aromatic rings. The van der Waals surface area contributed by atoms with Crippen molar-refractivity contribution in [1.82, 2.24) is 0 Å². The normalized spacial score (nSPS) is 14.7. The highest BCUT2D eigenvalue weighted by Crippen LogP contribution is 2.20. The van der Waals surface area contributed by atoms with Crippen LogP contribution in [0.3, 0.4) is 0 Å². The molecular weight excluding hydrogens is 228 g/mol. The second-order valence-corrected chi connectivity index (χ2v) is 6.48. The standard InChI is InChI=1S/C19H36/c1-6-7-8-9-13-18(4)15-11-16-19(5)14-10-12-17(2)3/h10,12,18-19H,2,6-9,11,13-16H2,1,3-5H3/b12-10-. The quantitative estimate of drug-likeness (QED) is 0.265. The first-order chi connectivity index (χ1) is 9.06. The Morgan fingerprint density at radius 3 is 2.21 bits per heavy atom. The van der Waals surface area contributed by atoms with Gasteiger partial charge in [-0.15, -0.1) is 0 Å². The smallest absolute Gasteiger partial charge is 0.0322 e. The third kappa shape index (κ3) is 13.7. The van der Waals surface area contributed by atoms with Crippen LogP contribution in [-0.2, 0) is 0 Å². The van der Waals surface area contributed by atoms with Crippen LogP contribution in [0.25, 0.3) is 0 Å². The first-order valence-electron chi connectivity index (χ1n) is 8.38. The third-order valence-corrected chi connectivity index (χ3v) is 3.89. The van der Waals surface area contributed by atoms with Gasteiger partial charge in [0.25, 0.3) is 0 Å². The maximum Gasteiger partial charge on any atom is -0.0322 e. The fourth-order valence-electron chi connectivity index (χ4n) is 2.50. The fourth-order valence-corrected chi connectivity index (χ4v) is 2.50. The molecule has 0 N–H and O–H groups in total. The van der Waals surface area contributed by atoms with Gasteiger partial charge in [-0.05, 0) is 25.2 Å². The molecule has 0 saturated carbocycles. The highest BCUT2D eigenvalue weighted by molar-refractivity contribution is 5.10. The van der Waals surface area contributed by atoms with Gasteiger partial charge in [0.05, 0.1) is 0 Å². The van der Waals surface area contributed by atoms with Crippen molar-refractivity contribution in [3.8, 4) is 0 Å². The number of rotatable bonds is 12. The van der Waals surface area contributed by atoms with Crippen LogP contribution >= 0.6 is 0 Å². The summed E-state index contributed by atoms with van der Waals surface area (Å²) in [5, 5.41) is 0. The van der Waals surface area contributed by atoms with Crippen LogP contribution < -0.4 is 0 Å². The van der Waals surface area contributed by atoms with Crippen LogP contribution in [0.15, 0.2) is 24.3 Å². The van der Waals surface area contributed by atoms with E-state index in [1.54, 1.807) is 0 Å². The number of unbranched alkanes of at least 4 members (excludes halogenated alkanes) is 3. The molecule has 0 heteroatoms. The molecule has 0 nitrogen and oxygen atoms in total. The van der Waals surface area contributed by atoms with Crippen molar-refractivity contribution in [3.05, 3.63) is 24.3 Å². The molecule has 2 atom stereocenters. The Labute approximate surface area is 122 Å². The summed E-state index contributed by atoms with van der Waals surface area (Å²) in [6.45, 7) is 13.0. The topological polar surface area (TPSA) is 0 Å². The molecule has 0 aliphatic carbocycles. The second kappa shape index (κ2) is 12.5. The molecule has 0 aromatic carbocycles. The monoisotopic (exact) mass is 264 g/mol. The molecule has 0 spiro atoms. The van der Waals surface area contributed by atoms with Crippen LogP contribution in [0.1, 0.15) is 85.5 Å². The van der Waals surface area contributed by atoms with E-state index in [1.165, 1.54) is 57.8 Å². The van der Waals surface area contributed by atoms with E-state index in [0.29, 0.717) is 0 Å². The second-order valence-electron chi connectivity index (χ2n) is 6.48. The molecule has 0 saturated heterocycles. The van der Waals surface area contributed by atoms with E-state index in [0.717, 1.165) is 17.4 Å². The minimum absolute atomic E-state index is 0.822. The number of hydrogen-bond acceptors (Lipinski definition) is 0. The van der Waals surface area contributed by atoms with Crippen molar-refractivity contribution in [3.63, 3.8) is 0 Å². The van der Waals surface area contributed by atoms with E-state index in [9.17, 15) is 0 Å². The van der Waals surface area contributed by atoms with Crippen molar-refractivity contribution < 1.29 is 0 Å². The van der Waals surface area contributed by atoms with E-state index < -0.39 is 0 Å². The molecule has 0 fully saturated rings. The van der Waals surface area contributed by atoms with Crippen LogP contribution in [0.4, 0.5) is 0 Å². The SMILES string of the molecule is C=C(C)/C=C\CC(C)CCCC(C)CCCCCC. The Balaban J connectivity index is 3.47. The van der Waals surface area contributed by atoms with Crippen molar-refractivity contribution in [2.45, 2.75) is 85.5 Å². The average molecular weight is 264 g/mol. The summed E-state index contributed by atoms with van der Waals surface area (Å²) in [5.74, 6) is 1.75. The maximum absolute atomic E-state index is 3.89. The summed E-state index contributed by atoms with van der Waals surface area (Å²) in [5.41, 5.74) is 1.16. The Morgan fingerprint density at radius 1 is 0.947 bits per heavy atom. The van der Waals surface area contributed by atoms with Gasteiger partial charge in [0, 0.05) is 0 Å². The lowest BCUT2D eigenvalue weighted by Crippen LogP contribution is -1.98. The predicted octanol–water partition coefficient (Wildman–Crippen LogP) is 6.92. The summed E-state index contributed by atoms with van der Waals surface area (Å²) in [6.07, 6.45) is 16.9. The van der Waals surface area contributed by atoms with Gasteiger partial charge in [-0.2, -0.15) is 0 Å². The molecule has 2 unspecified atom stereocenters. The lowest BCUT2D eigenvalue weighted by atomic mass is 9.93. The summed E-state index contributed by atoms with van der Waals surface area (Å²) < 4.78 is 0. The van der Waals surface area contributed by atoms with Crippen molar-refractivity contribution in [2.24, 2.45) is 11.8 Å². The molecule has 0 radical (unpaired) electrons. The fraction of sp³-hybridized carbons (Fsp3) is 0.789. The van der Waals surface area contributed by atoms with E-state index >= 15 is 0 Å². The van der Waals surface area contributed by atoms with Gasteiger partial charge in [-0.1, -0.05) is 96.4 Å². The zero-order valence-electron chi connectivity index (χ0n) is 13.9. The molecular formula is C19H36. The Morgan fingerprint density at radius 2 is 1.58 bits per heavy atom. The van der Waals surface area contributed by atoms with E-state index in [2.05, 4.69) is 46.4 Å². The van der Waals surface area contributed by atoms with Crippen molar-refractivity contribution in [1.29, 1.82) is 0 Å². The Kier molecular flexibility index (Phi) is 12.2. The first kappa shape index (κ1) is 18.5. The highest BCUT2D eigenvalue weighted by Gasteiger charge is 2.04. The van der Waals surface area contributed by atoms with Crippen LogP contribution in [0.2, 0.25) is 0 Å². The number of allylic oxidation sites excluding steroid dienone is 3. The lowest BCUT2D eigenvalue weighted by molar-refractivity contribution is 0.411. The van der Waals surface area contributed by atoms with Crippen molar-refractivity contribution in [2.75, 3.05) is 0 Å². The largest absolute Gasteiger partial charge is 0.0961 e. The summed E-state index contributed by atoms with van der Waals surface area (Å²) in [4.78, 5) is 0. The minimum Gasteiger partial charge on any atom is -0.0961 e. The summed E-state index contributed by atoms with van der Waals surface area (Å²) in [6, 6.07) is 0. The van der Waals surface area contributed by atoms with Gasteiger partial charge in [0.1, 0.15) is 0 Å². The van der Waals surface area contributed by atoms with Gasteiger partial charge in [0.15, 0.2) is 0 Å². The van der Waals surface area contributed by atoms with Crippen molar-refractivity contribution >= 4 is 0 Å². The van der Waals surface area contributed by atoms with Gasteiger partial charge in [0.2, 0.25) is 0 Å². The van der Waals surface area contributed by atoms with Crippen LogP contribution in [-0.4, -0.2) is 0 Å². The summed E-state index contributed by atoms with van der Waals surface area (Å²) in [7, 11) is 0. The van der Waals surface area contributed by atoms with E-state index in [1.807, 2.05) is 0 Å². The first-order valence-corrected chi connectivity index (χ1v) is 8.38.